The summed E-state index contributed by atoms with van der Waals surface area (Å²) in [6, 6.07) is 3.69. The van der Waals surface area contributed by atoms with E-state index in [0.29, 0.717) is 27.9 Å². The highest BCUT2D eigenvalue weighted by Crippen LogP contribution is 2.30. The molecule has 0 fully saturated rings. The van der Waals surface area contributed by atoms with Crippen molar-refractivity contribution in [1.82, 2.24) is 20.0 Å². The highest BCUT2D eigenvalue weighted by atomic mass is 32.1. The Labute approximate surface area is 169 Å². The minimum absolute atomic E-state index is 0.152. The maximum Gasteiger partial charge on any atom is 0.286 e. The van der Waals surface area contributed by atoms with Gasteiger partial charge in [-0.3, -0.25) is 9.48 Å². The average Bonchev–Trinajstić information content (AvgIpc) is 3.25. The van der Waals surface area contributed by atoms with Gasteiger partial charge in [-0.15, -0.1) is 10.2 Å². The van der Waals surface area contributed by atoms with Crippen molar-refractivity contribution in [1.29, 1.82) is 0 Å². The van der Waals surface area contributed by atoms with Gasteiger partial charge in [0.15, 0.2) is 5.82 Å². The van der Waals surface area contributed by atoms with E-state index >= 15 is 0 Å². The van der Waals surface area contributed by atoms with Gasteiger partial charge in [-0.25, -0.2) is 8.78 Å². The Morgan fingerprint density at radius 2 is 2.00 bits per heavy atom. The minimum atomic E-state index is -2.50. The zero-order valence-electron chi connectivity index (χ0n) is 16.3. The number of rotatable bonds is 7. The molecule has 3 rings (SSSR count). The fraction of sp³-hybridized carbons (Fsp3) is 0.333. The van der Waals surface area contributed by atoms with Crippen molar-refractivity contribution in [2.75, 3.05) is 17.7 Å². The van der Waals surface area contributed by atoms with Crippen molar-refractivity contribution in [2.24, 2.45) is 0 Å². The van der Waals surface area contributed by atoms with Crippen LogP contribution in [0.3, 0.4) is 0 Å². The van der Waals surface area contributed by atoms with Gasteiger partial charge in [0.1, 0.15) is 12.3 Å². The predicted molar refractivity (Wildman–Crippen MR) is 107 cm³/mol. The normalized spacial score (nSPS) is 11.0. The molecule has 0 aliphatic heterocycles. The number of nitrogens with zero attached hydrogens (tertiary/aromatic N) is 4. The molecular formula is C18H20F2N6O2S. The summed E-state index contributed by atoms with van der Waals surface area (Å²) in [5.74, 6) is 0.642. The molecule has 1 amide bonds. The molecule has 0 unspecified atom stereocenters. The Kier molecular flexibility index (Phi) is 6.06. The molecule has 0 spiro atoms. The van der Waals surface area contributed by atoms with Crippen LogP contribution in [0.2, 0.25) is 0 Å². The molecule has 8 nitrogen and oxygen atoms in total. The van der Waals surface area contributed by atoms with Gasteiger partial charge >= 0.3 is 0 Å². The zero-order valence-corrected chi connectivity index (χ0v) is 17.1. The lowest BCUT2D eigenvalue weighted by atomic mass is 10.1. The number of benzene rings is 1. The maximum absolute atomic E-state index is 12.6. The van der Waals surface area contributed by atoms with Gasteiger partial charge < -0.3 is 15.4 Å². The molecule has 3 aromatic rings. The van der Waals surface area contributed by atoms with Crippen molar-refractivity contribution in [3.05, 3.63) is 40.0 Å². The van der Waals surface area contributed by atoms with E-state index in [1.165, 1.54) is 6.20 Å². The third-order valence-corrected chi connectivity index (χ3v) is 5.03. The van der Waals surface area contributed by atoms with Gasteiger partial charge in [-0.05, 0) is 32.4 Å². The molecule has 0 radical (unpaired) electrons. The molecule has 0 aliphatic rings. The molecule has 0 atom stereocenters. The van der Waals surface area contributed by atoms with Crippen molar-refractivity contribution < 1.29 is 18.3 Å². The van der Waals surface area contributed by atoms with Crippen LogP contribution in [0.5, 0.6) is 5.75 Å². The fourth-order valence-electron chi connectivity index (χ4n) is 2.75. The molecule has 29 heavy (non-hydrogen) atoms. The number of ether oxygens (including phenoxy) is 1. The van der Waals surface area contributed by atoms with E-state index in [-0.39, 0.29) is 5.01 Å². The van der Waals surface area contributed by atoms with E-state index < -0.39 is 18.9 Å². The standard InChI is InChI=1S/C18H20F2N6O2S/c1-9-5-6-12(28-4)11(3)14(9)21-16(27)17-23-24-18(29-17)22-15-10(2)7-26(25-15)8-13(19)20/h5-7,13H,8H2,1-4H3,(H,21,27)(H,22,24,25). The van der Waals surface area contributed by atoms with Crippen molar-refractivity contribution in [3.8, 4) is 5.75 Å². The monoisotopic (exact) mass is 422 g/mol. The van der Waals surface area contributed by atoms with Gasteiger partial charge in [0.05, 0.1) is 12.8 Å². The number of carbonyl (C=O) groups is 1. The number of amides is 1. The first-order valence-electron chi connectivity index (χ1n) is 8.66. The van der Waals surface area contributed by atoms with Crippen LogP contribution < -0.4 is 15.4 Å². The number of hydrogen-bond acceptors (Lipinski definition) is 7. The number of alkyl halides is 2. The van der Waals surface area contributed by atoms with E-state index in [9.17, 15) is 13.6 Å². The second-order valence-corrected chi connectivity index (χ2v) is 7.33. The Morgan fingerprint density at radius 3 is 2.69 bits per heavy atom. The number of carbonyl (C=O) groups excluding carboxylic acids is 1. The smallest absolute Gasteiger partial charge is 0.286 e. The lowest BCUT2D eigenvalue weighted by Crippen LogP contribution is -2.14. The van der Waals surface area contributed by atoms with E-state index in [2.05, 4.69) is 25.9 Å². The minimum Gasteiger partial charge on any atom is -0.496 e. The molecule has 0 aliphatic carbocycles. The molecule has 11 heteroatoms. The first-order valence-corrected chi connectivity index (χ1v) is 9.48. The molecule has 2 N–H and O–H groups in total. The number of hydrogen-bond donors (Lipinski definition) is 2. The third-order valence-electron chi connectivity index (χ3n) is 4.20. The summed E-state index contributed by atoms with van der Waals surface area (Å²) in [5.41, 5.74) is 3.03. The summed E-state index contributed by atoms with van der Waals surface area (Å²) in [4.78, 5) is 12.6. The average molecular weight is 422 g/mol. The Hall–Kier alpha value is -3.08. The van der Waals surface area contributed by atoms with Crippen LogP contribution in [0, 0.1) is 20.8 Å². The molecule has 0 saturated heterocycles. The Balaban J connectivity index is 1.74. The number of nitrogens with one attached hydrogen (secondary N) is 2. The van der Waals surface area contributed by atoms with Crippen LogP contribution >= 0.6 is 11.3 Å². The maximum atomic E-state index is 12.6. The lowest BCUT2D eigenvalue weighted by molar-refractivity contribution is 0.102. The molecule has 2 heterocycles. The first kappa shape index (κ1) is 20.6. The van der Waals surface area contributed by atoms with Gasteiger partial charge in [0, 0.05) is 17.3 Å². The van der Waals surface area contributed by atoms with Crippen molar-refractivity contribution in [2.45, 2.75) is 33.7 Å². The summed E-state index contributed by atoms with van der Waals surface area (Å²) in [6.07, 6.45) is -0.986. The van der Waals surface area contributed by atoms with Crippen LogP contribution in [0.1, 0.15) is 26.5 Å². The van der Waals surface area contributed by atoms with E-state index in [4.69, 9.17) is 4.74 Å². The van der Waals surface area contributed by atoms with Crippen LogP contribution in [-0.2, 0) is 6.54 Å². The Morgan fingerprint density at radius 1 is 1.24 bits per heavy atom. The van der Waals surface area contributed by atoms with Gasteiger partial charge in [0.2, 0.25) is 10.1 Å². The predicted octanol–water partition coefficient (Wildman–Crippen LogP) is 3.93. The van der Waals surface area contributed by atoms with Crippen LogP contribution in [0.25, 0.3) is 0 Å². The fourth-order valence-corrected chi connectivity index (χ4v) is 3.39. The lowest BCUT2D eigenvalue weighted by Gasteiger charge is -2.13. The summed E-state index contributed by atoms with van der Waals surface area (Å²) in [6.45, 7) is 4.98. The number of methoxy groups -OCH3 is 1. The number of aromatic nitrogens is 4. The Bertz CT molecular complexity index is 1030. The highest BCUT2D eigenvalue weighted by Gasteiger charge is 2.18. The topological polar surface area (TPSA) is 94.0 Å². The van der Waals surface area contributed by atoms with Gasteiger partial charge in [0.25, 0.3) is 12.3 Å². The van der Waals surface area contributed by atoms with Crippen LogP contribution in [0.15, 0.2) is 18.3 Å². The second kappa shape index (κ2) is 8.52. The molecule has 0 bridgehead atoms. The summed E-state index contributed by atoms with van der Waals surface area (Å²) < 4.78 is 31.5. The number of halogens is 2. The van der Waals surface area contributed by atoms with Crippen molar-refractivity contribution >= 4 is 33.9 Å². The summed E-state index contributed by atoms with van der Waals surface area (Å²) in [5, 5.41) is 18.1. The van der Waals surface area contributed by atoms with E-state index in [1.807, 2.05) is 26.0 Å². The molecule has 0 saturated carbocycles. The molecule has 2 aromatic heterocycles. The quantitative estimate of drug-likeness (QED) is 0.599. The molecule has 154 valence electrons. The SMILES string of the molecule is COc1ccc(C)c(NC(=O)c2nnc(Nc3nn(CC(F)F)cc3C)s2)c1C. The zero-order chi connectivity index (χ0) is 21.1. The third kappa shape index (κ3) is 4.67. The number of aryl methyl sites for hydroxylation is 2. The first-order chi connectivity index (χ1) is 13.8. The van der Waals surface area contributed by atoms with E-state index in [1.54, 1.807) is 14.0 Å². The summed E-state index contributed by atoms with van der Waals surface area (Å²) in [7, 11) is 1.57. The van der Waals surface area contributed by atoms with Gasteiger partial charge in [-0.1, -0.05) is 17.4 Å². The molecule has 1 aromatic carbocycles. The van der Waals surface area contributed by atoms with Gasteiger partial charge in [-0.2, -0.15) is 5.10 Å². The van der Waals surface area contributed by atoms with E-state index in [0.717, 1.165) is 27.1 Å². The van der Waals surface area contributed by atoms with Crippen LogP contribution in [0.4, 0.5) is 25.4 Å². The largest absolute Gasteiger partial charge is 0.496 e. The summed E-state index contributed by atoms with van der Waals surface area (Å²) >= 11 is 1.03. The second-order valence-electron chi connectivity index (χ2n) is 6.35. The van der Waals surface area contributed by atoms with Crippen molar-refractivity contribution in [3.63, 3.8) is 0 Å². The number of anilines is 3. The van der Waals surface area contributed by atoms with Crippen LogP contribution in [-0.4, -0.2) is 39.4 Å². The molecular weight excluding hydrogens is 402 g/mol. The highest BCUT2D eigenvalue weighted by molar-refractivity contribution is 7.17.